The molecule has 0 unspecified atom stereocenters. The second-order valence-corrected chi connectivity index (χ2v) is 11.1. The van der Waals surface area contributed by atoms with E-state index in [-0.39, 0.29) is 30.2 Å². The fraction of sp³-hybridized carbons (Fsp3) is 0.214. The van der Waals surface area contributed by atoms with Crippen molar-refractivity contribution in [1.29, 1.82) is 0 Å². The van der Waals surface area contributed by atoms with Crippen LogP contribution in [0.3, 0.4) is 0 Å². The lowest BCUT2D eigenvalue weighted by Crippen LogP contribution is -2.12. The number of aliphatic carboxylic acids is 1. The van der Waals surface area contributed by atoms with Gasteiger partial charge in [-0.25, -0.2) is 19.6 Å². The Bertz CT molecular complexity index is 1570. The number of carbonyl (C=O) groups is 4. The highest BCUT2D eigenvalue weighted by molar-refractivity contribution is 7.17. The predicted octanol–water partition coefficient (Wildman–Crippen LogP) is 6.53. The van der Waals surface area contributed by atoms with Crippen LogP contribution in [-0.2, 0) is 31.9 Å². The van der Waals surface area contributed by atoms with Gasteiger partial charge in [0.1, 0.15) is 19.8 Å². The maximum Gasteiger partial charge on any atom is 0.350 e. The largest absolute Gasteiger partial charge is 0.481 e. The molecule has 42 heavy (non-hydrogen) atoms. The monoisotopic (exact) mass is 650 g/mol. The predicted molar refractivity (Wildman–Crippen MR) is 160 cm³/mol. The van der Waals surface area contributed by atoms with Gasteiger partial charge >= 0.3 is 23.9 Å². The molecule has 0 atom stereocenters. The minimum absolute atomic E-state index is 0.0487. The van der Waals surface area contributed by atoms with E-state index in [2.05, 4.69) is 9.97 Å². The Morgan fingerprint density at radius 1 is 0.714 bits per heavy atom. The first-order valence-corrected chi connectivity index (χ1v) is 14.7. The van der Waals surface area contributed by atoms with Crippen LogP contribution in [0.4, 0.5) is 0 Å². The second kappa shape index (κ2) is 15.4. The molecule has 0 aliphatic rings. The first-order chi connectivity index (χ1) is 20.0. The van der Waals surface area contributed by atoms with Crippen molar-refractivity contribution >= 4 is 69.8 Å². The summed E-state index contributed by atoms with van der Waals surface area (Å²) in [5.41, 5.74) is 1.96. The summed E-state index contributed by atoms with van der Waals surface area (Å²) in [6.45, 7) is 3.99. The maximum absolute atomic E-state index is 12.1. The topological polar surface area (TPSA) is 153 Å². The van der Waals surface area contributed by atoms with Crippen molar-refractivity contribution in [3.05, 3.63) is 79.7 Å². The molecule has 2 aromatic carbocycles. The van der Waals surface area contributed by atoms with Gasteiger partial charge in [-0.05, 0) is 38.1 Å². The van der Waals surface area contributed by atoms with E-state index in [4.69, 9.17) is 42.9 Å². The number of thiazole rings is 2. The zero-order valence-corrected chi connectivity index (χ0v) is 25.4. The molecule has 4 aromatic rings. The fourth-order valence-electron chi connectivity index (χ4n) is 3.39. The van der Waals surface area contributed by atoms with Gasteiger partial charge in [0.25, 0.3) is 0 Å². The Kier molecular flexibility index (Phi) is 12.0. The number of nitrogens with zero attached hydrogens (tertiary/aromatic N) is 2. The molecule has 220 valence electrons. The van der Waals surface area contributed by atoms with E-state index >= 15 is 0 Å². The van der Waals surface area contributed by atoms with Crippen LogP contribution in [-0.4, -0.2) is 57.3 Å². The Balaban J connectivity index is 0.000000235. The minimum Gasteiger partial charge on any atom is -0.481 e. The fourth-order valence-corrected chi connectivity index (χ4v) is 5.55. The van der Waals surface area contributed by atoms with Crippen LogP contribution < -0.4 is 0 Å². The number of hydrogen-bond donors (Lipinski definition) is 2. The van der Waals surface area contributed by atoms with Gasteiger partial charge < -0.3 is 19.7 Å². The number of esters is 2. The van der Waals surface area contributed by atoms with Crippen molar-refractivity contribution in [2.45, 2.75) is 26.7 Å². The van der Waals surface area contributed by atoms with Gasteiger partial charge in [-0.3, -0.25) is 9.59 Å². The standard InChI is InChI=1S/C16H16ClNO4S.C12H8ClNO4S/c1-3-21-13(19)9-12-14(16(20)22-4-2)23-15(18-12)10-5-7-11(17)8-6-10;13-7-3-1-6(2-4-7)11-14-8(5-9(15)16)10(19-11)12(17)18/h5-8H,3-4,9H2,1-2H3;1-4H,5H2,(H,15,16)(H,17,18). The van der Waals surface area contributed by atoms with Gasteiger partial charge in [0.2, 0.25) is 0 Å². The third-order valence-corrected chi connectivity index (χ3v) is 7.93. The number of hydrogen-bond acceptors (Lipinski definition) is 10. The smallest absolute Gasteiger partial charge is 0.350 e. The summed E-state index contributed by atoms with van der Waals surface area (Å²) in [6.07, 6.45) is -0.474. The summed E-state index contributed by atoms with van der Waals surface area (Å²) in [6, 6.07) is 13.8. The van der Waals surface area contributed by atoms with E-state index in [1.54, 1.807) is 50.2 Å². The molecule has 10 nitrogen and oxygen atoms in total. The lowest BCUT2D eigenvalue weighted by Gasteiger charge is -2.02. The Labute approximate surface area is 258 Å². The molecule has 0 radical (unpaired) electrons. The Morgan fingerprint density at radius 3 is 1.60 bits per heavy atom. The third-order valence-electron chi connectivity index (χ3n) is 5.17. The van der Waals surface area contributed by atoms with E-state index in [9.17, 15) is 19.2 Å². The molecule has 0 fully saturated rings. The molecule has 2 heterocycles. The van der Waals surface area contributed by atoms with Crippen LogP contribution >= 0.6 is 45.9 Å². The number of benzene rings is 2. The van der Waals surface area contributed by atoms with Crippen molar-refractivity contribution in [2.24, 2.45) is 0 Å². The SMILES string of the molecule is CCOC(=O)Cc1nc(-c2ccc(Cl)cc2)sc1C(=O)OCC.O=C(O)Cc1nc(-c2ccc(Cl)cc2)sc1C(=O)O. The van der Waals surface area contributed by atoms with Crippen LogP contribution in [0, 0.1) is 0 Å². The van der Waals surface area contributed by atoms with Crippen LogP contribution in [0.25, 0.3) is 21.1 Å². The molecular weight excluding hydrogens is 627 g/mol. The van der Waals surface area contributed by atoms with E-state index < -0.39 is 30.3 Å². The zero-order valence-electron chi connectivity index (χ0n) is 22.3. The molecule has 4 rings (SSSR count). The number of carboxylic acids is 2. The second-order valence-electron chi connectivity index (χ2n) is 8.18. The van der Waals surface area contributed by atoms with E-state index in [0.29, 0.717) is 36.2 Å². The zero-order chi connectivity index (χ0) is 30.8. The van der Waals surface area contributed by atoms with Crippen LogP contribution in [0.1, 0.15) is 44.6 Å². The lowest BCUT2D eigenvalue weighted by molar-refractivity contribution is -0.142. The number of ether oxygens (including phenoxy) is 2. The van der Waals surface area contributed by atoms with Crippen molar-refractivity contribution in [3.63, 3.8) is 0 Å². The lowest BCUT2D eigenvalue weighted by atomic mass is 10.2. The maximum atomic E-state index is 12.1. The van der Waals surface area contributed by atoms with E-state index in [0.717, 1.165) is 16.9 Å². The molecular formula is C28H24Cl2N2O8S2. The molecule has 0 amide bonds. The average molecular weight is 652 g/mol. The van der Waals surface area contributed by atoms with Gasteiger partial charge in [0, 0.05) is 21.2 Å². The van der Waals surface area contributed by atoms with Crippen molar-refractivity contribution in [2.75, 3.05) is 13.2 Å². The van der Waals surface area contributed by atoms with Crippen molar-refractivity contribution < 1.29 is 38.9 Å². The molecule has 2 N–H and O–H groups in total. The van der Waals surface area contributed by atoms with Crippen molar-refractivity contribution in [3.8, 4) is 21.1 Å². The Hall–Kier alpha value is -3.84. The third kappa shape index (κ3) is 9.08. The average Bonchev–Trinajstić information content (AvgIpc) is 3.54. The van der Waals surface area contributed by atoms with E-state index in [1.165, 1.54) is 11.3 Å². The summed E-state index contributed by atoms with van der Waals surface area (Å²) < 4.78 is 9.96. The van der Waals surface area contributed by atoms with Gasteiger partial charge in [-0.1, -0.05) is 47.5 Å². The quantitative estimate of drug-likeness (QED) is 0.181. The molecule has 0 bridgehead atoms. The molecule has 0 saturated carbocycles. The summed E-state index contributed by atoms with van der Waals surface area (Å²) in [5, 5.41) is 20.0. The first kappa shape index (κ1) is 32.7. The van der Waals surface area contributed by atoms with Crippen molar-refractivity contribution in [1.82, 2.24) is 9.97 Å². The highest BCUT2D eigenvalue weighted by Crippen LogP contribution is 2.31. The Morgan fingerprint density at radius 2 is 1.17 bits per heavy atom. The highest BCUT2D eigenvalue weighted by atomic mass is 35.5. The summed E-state index contributed by atoms with van der Waals surface area (Å²) >= 11 is 13.8. The number of aromatic nitrogens is 2. The minimum atomic E-state index is -1.17. The number of carbonyl (C=O) groups excluding carboxylic acids is 2. The molecule has 0 saturated heterocycles. The van der Waals surface area contributed by atoms with Crippen LogP contribution in [0.15, 0.2) is 48.5 Å². The van der Waals surface area contributed by atoms with Gasteiger partial charge in [-0.2, -0.15) is 0 Å². The summed E-state index contributed by atoms with van der Waals surface area (Å²) in [5.74, 6) is -3.19. The molecule has 0 aliphatic carbocycles. The number of aromatic carboxylic acids is 1. The van der Waals surface area contributed by atoms with Gasteiger partial charge in [0.15, 0.2) is 0 Å². The number of rotatable bonds is 10. The first-order valence-electron chi connectivity index (χ1n) is 12.3. The normalized spacial score (nSPS) is 10.4. The van der Waals surface area contributed by atoms with Crippen LogP contribution in [0.5, 0.6) is 0 Å². The number of carboxylic acid groups (broad SMARTS) is 2. The van der Waals surface area contributed by atoms with Gasteiger partial charge in [-0.15, -0.1) is 22.7 Å². The van der Waals surface area contributed by atoms with Gasteiger partial charge in [0.05, 0.1) is 37.4 Å². The summed E-state index contributed by atoms with van der Waals surface area (Å²) in [4.78, 5) is 54.3. The molecule has 14 heteroatoms. The molecule has 0 spiro atoms. The van der Waals surface area contributed by atoms with Crippen LogP contribution in [0.2, 0.25) is 10.0 Å². The molecule has 0 aliphatic heterocycles. The number of halogens is 2. The van der Waals surface area contributed by atoms with E-state index in [1.807, 2.05) is 12.1 Å². The highest BCUT2D eigenvalue weighted by Gasteiger charge is 2.23. The summed E-state index contributed by atoms with van der Waals surface area (Å²) in [7, 11) is 0. The molecule has 2 aromatic heterocycles.